The molecule has 3 rings (SSSR count). The highest BCUT2D eigenvalue weighted by Gasteiger charge is 2.23. The second kappa shape index (κ2) is 9.99. The number of esters is 1. The van der Waals surface area contributed by atoms with Crippen molar-refractivity contribution in [1.82, 2.24) is 9.78 Å². The van der Waals surface area contributed by atoms with Gasteiger partial charge in [0.25, 0.3) is 11.6 Å². The van der Waals surface area contributed by atoms with Crippen molar-refractivity contribution in [3.8, 4) is 0 Å². The Morgan fingerprint density at radius 3 is 2.53 bits per heavy atom. The van der Waals surface area contributed by atoms with Gasteiger partial charge in [-0.2, -0.15) is 5.10 Å². The minimum absolute atomic E-state index is 0.0277. The van der Waals surface area contributed by atoms with E-state index in [0.29, 0.717) is 10.7 Å². The number of non-ortho nitro benzene ring substituents is 1. The first-order chi connectivity index (χ1) is 15.2. The molecule has 3 aromatic rings. The molecule has 2 aromatic carbocycles. The van der Waals surface area contributed by atoms with Crippen molar-refractivity contribution in [1.29, 1.82) is 0 Å². The Balaban J connectivity index is 1.65. The highest BCUT2D eigenvalue weighted by molar-refractivity contribution is 6.34. The number of carbonyl (C=O) groups is 2. The highest BCUT2D eigenvalue weighted by Crippen LogP contribution is 2.27. The van der Waals surface area contributed by atoms with E-state index in [1.807, 2.05) is 6.07 Å². The number of hydrogen-bond acceptors (Lipinski definition) is 6. The fourth-order valence-corrected chi connectivity index (χ4v) is 3.52. The molecule has 0 radical (unpaired) electrons. The number of anilines is 1. The van der Waals surface area contributed by atoms with Crippen molar-refractivity contribution in [2.24, 2.45) is 0 Å². The van der Waals surface area contributed by atoms with Crippen LogP contribution in [-0.2, 0) is 16.1 Å². The van der Waals surface area contributed by atoms with Crippen molar-refractivity contribution in [3.05, 3.63) is 84.6 Å². The van der Waals surface area contributed by atoms with Crippen LogP contribution in [0.5, 0.6) is 0 Å². The molecule has 0 atom stereocenters. The van der Waals surface area contributed by atoms with Gasteiger partial charge in [-0.1, -0.05) is 53.0 Å². The average molecular weight is 498 g/mol. The van der Waals surface area contributed by atoms with Crippen molar-refractivity contribution in [2.45, 2.75) is 13.5 Å². The van der Waals surface area contributed by atoms with E-state index in [0.717, 1.165) is 11.6 Å². The summed E-state index contributed by atoms with van der Waals surface area (Å²) in [5, 5.41) is 18.0. The Morgan fingerprint density at radius 1 is 1.16 bits per heavy atom. The van der Waals surface area contributed by atoms with Crippen LogP contribution in [0.15, 0.2) is 42.5 Å². The third kappa shape index (κ3) is 5.37. The lowest BCUT2D eigenvalue weighted by atomic mass is 10.2. The van der Waals surface area contributed by atoms with E-state index in [2.05, 4.69) is 10.4 Å². The van der Waals surface area contributed by atoms with E-state index >= 15 is 0 Å². The molecule has 0 fully saturated rings. The zero-order valence-electron chi connectivity index (χ0n) is 16.5. The van der Waals surface area contributed by atoms with Gasteiger partial charge in [0.1, 0.15) is 10.7 Å². The van der Waals surface area contributed by atoms with E-state index in [4.69, 9.17) is 39.5 Å². The number of nitro groups is 1. The highest BCUT2D eigenvalue weighted by atomic mass is 35.5. The number of nitrogens with one attached hydrogen (secondary N) is 1. The van der Waals surface area contributed by atoms with Crippen molar-refractivity contribution < 1.29 is 19.2 Å². The largest absolute Gasteiger partial charge is 0.452 e. The SMILES string of the molecule is Cc1nn(Cc2ccccc2Cl)c(Cl)c1C(=O)OCC(=O)Nc1ccc([N+](=O)[O-])cc1Cl. The van der Waals surface area contributed by atoms with E-state index in [9.17, 15) is 19.7 Å². The minimum Gasteiger partial charge on any atom is -0.452 e. The van der Waals surface area contributed by atoms with Crippen LogP contribution in [0.4, 0.5) is 11.4 Å². The van der Waals surface area contributed by atoms with E-state index in [-0.39, 0.29) is 33.7 Å². The summed E-state index contributed by atoms with van der Waals surface area (Å²) in [4.78, 5) is 34.8. The molecule has 1 N–H and O–H groups in total. The minimum atomic E-state index is -0.831. The molecule has 1 aromatic heterocycles. The standard InChI is InChI=1S/C20H15Cl3N4O5/c1-11-18(19(23)26(25-11)9-12-4-2-3-5-14(12)21)20(29)32-10-17(28)24-16-7-6-13(27(30)31)8-15(16)22/h2-8H,9-10H2,1H3,(H,24,28). The van der Waals surface area contributed by atoms with Gasteiger partial charge in [-0.15, -0.1) is 0 Å². The van der Waals surface area contributed by atoms with Crippen LogP contribution in [0, 0.1) is 17.0 Å². The summed E-state index contributed by atoms with van der Waals surface area (Å²) in [6.45, 7) is 1.20. The van der Waals surface area contributed by atoms with Crippen LogP contribution < -0.4 is 5.32 Å². The lowest BCUT2D eigenvalue weighted by Crippen LogP contribution is -2.21. The monoisotopic (exact) mass is 496 g/mol. The van der Waals surface area contributed by atoms with Gasteiger partial charge in [-0.3, -0.25) is 14.9 Å². The number of nitro benzene ring substituents is 1. The predicted octanol–water partition coefficient (Wildman–Crippen LogP) is 4.90. The number of carbonyl (C=O) groups excluding carboxylic acids is 2. The third-order valence-corrected chi connectivity index (χ3v) is 5.38. The average Bonchev–Trinajstić information content (AvgIpc) is 3.02. The molecule has 1 heterocycles. The summed E-state index contributed by atoms with van der Waals surface area (Å²) in [6.07, 6.45) is 0. The zero-order valence-corrected chi connectivity index (χ0v) is 18.7. The van der Waals surface area contributed by atoms with Crippen LogP contribution in [0.3, 0.4) is 0 Å². The molecule has 0 unspecified atom stereocenters. The Labute approximate surface area is 197 Å². The summed E-state index contributed by atoms with van der Waals surface area (Å²) in [7, 11) is 0. The number of benzene rings is 2. The molecule has 166 valence electrons. The first kappa shape index (κ1) is 23.5. The molecule has 0 bridgehead atoms. The van der Waals surface area contributed by atoms with Crippen LogP contribution >= 0.6 is 34.8 Å². The second-order valence-electron chi connectivity index (χ2n) is 6.55. The Morgan fingerprint density at radius 2 is 1.88 bits per heavy atom. The van der Waals surface area contributed by atoms with Gasteiger partial charge in [0.2, 0.25) is 0 Å². The molecule has 0 saturated carbocycles. The van der Waals surface area contributed by atoms with Crippen molar-refractivity contribution in [3.63, 3.8) is 0 Å². The molecule has 32 heavy (non-hydrogen) atoms. The molecular formula is C20H15Cl3N4O5. The van der Waals surface area contributed by atoms with Crippen LogP contribution in [0.1, 0.15) is 21.6 Å². The Bertz CT molecular complexity index is 1210. The predicted molar refractivity (Wildman–Crippen MR) is 120 cm³/mol. The molecule has 0 saturated heterocycles. The summed E-state index contributed by atoms with van der Waals surface area (Å²) >= 11 is 18.4. The number of ether oxygens (including phenoxy) is 1. The quantitative estimate of drug-likeness (QED) is 0.282. The smallest absolute Gasteiger partial charge is 0.343 e. The molecule has 1 amide bonds. The maximum Gasteiger partial charge on any atom is 0.343 e. The van der Waals surface area contributed by atoms with Gasteiger partial charge in [0, 0.05) is 17.2 Å². The van der Waals surface area contributed by atoms with Crippen molar-refractivity contribution in [2.75, 3.05) is 11.9 Å². The first-order valence-corrected chi connectivity index (χ1v) is 10.2. The topological polar surface area (TPSA) is 116 Å². The normalized spacial score (nSPS) is 10.6. The second-order valence-corrected chi connectivity index (χ2v) is 7.72. The van der Waals surface area contributed by atoms with Gasteiger partial charge in [-0.25, -0.2) is 9.48 Å². The molecule has 0 aliphatic carbocycles. The van der Waals surface area contributed by atoms with Gasteiger partial charge in [0.15, 0.2) is 6.61 Å². The van der Waals surface area contributed by atoms with Gasteiger partial charge in [0.05, 0.1) is 27.9 Å². The lowest BCUT2D eigenvalue weighted by molar-refractivity contribution is -0.384. The Hall–Kier alpha value is -3.14. The van der Waals surface area contributed by atoms with Gasteiger partial charge < -0.3 is 10.1 Å². The molecular weight excluding hydrogens is 483 g/mol. The maximum absolute atomic E-state index is 12.5. The van der Waals surface area contributed by atoms with Crippen LogP contribution in [0.2, 0.25) is 15.2 Å². The fourth-order valence-electron chi connectivity index (χ4n) is 2.79. The molecule has 12 heteroatoms. The summed E-state index contributed by atoms with van der Waals surface area (Å²) in [5.41, 5.74) is 1.03. The van der Waals surface area contributed by atoms with Crippen LogP contribution in [0.25, 0.3) is 0 Å². The molecule has 0 spiro atoms. The van der Waals surface area contributed by atoms with E-state index in [1.165, 1.54) is 16.8 Å². The summed E-state index contributed by atoms with van der Waals surface area (Å²) < 4.78 is 6.45. The Kier molecular flexibility index (Phi) is 7.34. The first-order valence-electron chi connectivity index (χ1n) is 9.04. The van der Waals surface area contributed by atoms with Gasteiger partial charge >= 0.3 is 5.97 Å². The molecule has 0 aliphatic rings. The third-order valence-electron chi connectivity index (χ3n) is 4.32. The van der Waals surface area contributed by atoms with Crippen LogP contribution in [-0.4, -0.2) is 33.2 Å². The summed E-state index contributed by atoms with van der Waals surface area (Å²) in [6, 6.07) is 10.7. The summed E-state index contributed by atoms with van der Waals surface area (Å²) in [5.74, 6) is -1.52. The number of aryl methyl sites for hydroxylation is 1. The van der Waals surface area contributed by atoms with Crippen molar-refractivity contribution >= 4 is 58.1 Å². The number of amides is 1. The number of rotatable bonds is 7. The molecule has 0 aliphatic heterocycles. The lowest BCUT2D eigenvalue weighted by Gasteiger charge is -2.08. The molecule has 9 nitrogen and oxygen atoms in total. The van der Waals surface area contributed by atoms with E-state index < -0.39 is 23.4 Å². The fraction of sp³-hybridized carbons (Fsp3) is 0.150. The number of halogens is 3. The number of aromatic nitrogens is 2. The number of hydrogen-bond donors (Lipinski definition) is 1. The van der Waals surface area contributed by atoms with E-state index in [1.54, 1.807) is 25.1 Å². The van der Waals surface area contributed by atoms with Gasteiger partial charge in [-0.05, 0) is 24.6 Å². The number of nitrogens with zero attached hydrogens (tertiary/aromatic N) is 3. The zero-order chi connectivity index (χ0) is 23.4. The maximum atomic E-state index is 12.5.